The van der Waals surface area contributed by atoms with E-state index < -0.39 is 0 Å². The minimum absolute atomic E-state index is 0.837. The second-order valence-corrected chi connectivity index (χ2v) is 5.10. The van der Waals surface area contributed by atoms with Crippen LogP contribution in [0.15, 0.2) is 48.5 Å². The van der Waals surface area contributed by atoms with E-state index in [1.807, 2.05) is 24.3 Å². The van der Waals surface area contributed by atoms with Crippen molar-refractivity contribution in [2.75, 3.05) is 12.4 Å². The Hall–Kier alpha value is -1.96. The van der Waals surface area contributed by atoms with E-state index in [9.17, 15) is 0 Å². The number of anilines is 1. The Morgan fingerprint density at radius 1 is 1.00 bits per heavy atom. The van der Waals surface area contributed by atoms with Gasteiger partial charge in [0, 0.05) is 12.2 Å². The van der Waals surface area contributed by atoms with Gasteiger partial charge in [0.25, 0.3) is 0 Å². The molecule has 2 aromatic rings. The van der Waals surface area contributed by atoms with E-state index in [0.717, 1.165) is 23.9 Å². The molecule has 3 rings (SSSR count). The van der Waals surface area contributed by atoms with Crippen molar-refractivity contribution in [2.24, 2.45) is 0 Å². The van der Waals surface area contributed by atoms with Gasteiger partial charge < -0.3 is 10.1 Å². The van der Waals surface area contributed by atoms with E-state index >= 15 is 0 Å². The van der Waals surface area contributed by atoms with Crippen molar-refractivity contribution in [3.05, 3.63) is 59.7 Å². The normalized spacial score (nSPS) is 14.2. The number of rotatable bonds is 5. The Balaban J connectivity index is 1.58. The van der Waals surface area contributed by atoms with Crippen molar-refractivity contribution >= 4 is 5.69 Å². The first-order valence-electron chi connectivity index (χ1n) is 6.82. The van der Waals surface area contributed by atoms with Gasteiger partial charge in [0.2, 0.25) is 0 Å². The molecule has 0 aromatic heterocycles. The molecule has 0 atom stereocenters. The molecule has 0 radical (unpaired) electrons. The Morgan fingerprint density at radius 3 is 2.26 bits per heavy atom. The zero-order valence-corrected chi connectivity index (χ0v) is 11.2. The lowest BCUT2D eigenvalue weighted by atomic mass is 10.1. The highest BCUT2D eigenvalue weighted by Crippen LogP contribution is 2.39. The van der Waals surface area contributed by atoms with Gasteiger partial charge in [-0.2, -0.15) is 0 Å². The van der Waals surface area contributed by atoms with Crippen LogP contribution in [0.2, 0.25) is 0 Å². The third-order valence-electron chi connectivity index (χ3n) is 3.62. The highest BCUT2D eigenvalue weighted by atomic mass is 16.5. The third-order valence-corrected chi connectivity index (χ3v) is 3.62. The maximum Gasteiger partial charge on any atom is 0.119 e. The van der Waals surface area contributed by atoms with Gasteiger partial charge in [0.05, 0.1) is 7.11 Å². The lowest BCUT2D eigenvalue weighted by Gasteiger charge is -2.08. The summed E-state index contributed by atoms with van der Waals surface area (Å²) in [6.07, 6.45) is 2.73. The molecule has 1 saturated carbocycles. The smallest absolute Gasteiger partial charge is 0.119 e. The monoisotopic (exact) mass is 253 g/mol. The first kappa shape index (κ1) is 12.1. The van der Waals surface area contributed by atoms with Crippen LogP contribution in [0.3, 0.4) is 0 Å². The van der Waals surface area contributed by atoms with Crippen molar-refractivity contribution in [1.82, 2.24) is 0 Å². The van der Waals surface area contributed by atoms with Crippen LogP contribution < -0.4 is 10.1 Å². The Labute approximate surface area is 114 Å². The van der Waals surface area contributed by atoms with Gasteiger partial charge >= 0.3 is 0 Å². The molecule has 1 aliphatic rings. The first-order valence-corrected chi connectivity index (χ1v) is 6.82. The minimum atomic E-state index is 0.837. The highest BCUT2D eigenvalue weighted by Gasteiger charge is 2.22. The summed E-state index contributed by atoms with van der Waals surface area (Å²) in [7, 11) is 1.68. The van der Waals surface area contributed by atoms with Crippen LogP contribution in [0.1, 0.15) is 29.9 Å². The maximum absolute atomic E-state index is 5.15. The molecular formula is C17H19NO. The quantitative estimate of drug-likeness (QED) is 0.863. The molecule has 0 spiro atoms. The maximum atomic E-state index is 5.15. The molecule has 19 heavy (non-hydrogen) atoms. The van der Waals surface area contributed by atoms with Gasteiger partial charge in [-0.05, 0) is 54.2 Å². The van der Waals surface area contributed by atoms with E-state index in [4.69, 9.17) is 4.74 Å². The van der Waals surface area contributed by atoms with Gasteiger partial charge in [0.15, 0.2) is 0 Å². The molecule has 0 heterocycles. The topological polar surface area (TPSA) is 21.3 Å². The Kier molecular flexibility index (Phi) is 3.41. The SMILES string of the molecule is COc1ccc(NCc2ccc(C3CC3)cc2)cc1. The number of hydrogen-bond acceptors (Lipinski definition) is 2. The molecule has 1 fully saturated rings. The lowest BCUT2D eigenvalue weighted by Crippen LogP contribution is -1.99. The number of methoxy groups -OCH3 is 1. The molecule has 2 aromatic carbocycles. The molecule has 0 amide bonds. The molecule has 0 bridgehead atoms. The minimum Gasteiger partial charge on any atom is -0.497 e. The van der Waals surface area contributed by atoms with Crippen molar-refractivity contribution in [3.63, 3.8) is 0 Å². The summed E-state index contributed by atoms with van der Waals surface area (Å²) < 4.78 is 5.15. The van der Waals surface area contributed by atoms with Crippen LogP contribution in [0.4, 0.5) is 5.69 Å². The standard InChI is InChI=1S/C17H19NO/c1-19-17-10-8-16(9-11-17)18-12-13-2-4-14(5-3-13)15-6-7-15/h2-5,8-11,15,18H,6-7,12H2,1H3. The molecule has 0 aliphatic heterocycles. The first-order chi connectivity index (χ1) is 9.35. The zero-order valence-electron chi connectivity index (χ0n) is 11.2. The van der Waals surface area contributed by atoms with Crippen molar-refractivity contribution in [2.45, 2.75) is 25.3 Å². The van der Waals surface area contributed by atoms with E-state index in [-0.39, 0.29) is 0 Å². The molecule has 98 valence electrons. The Bertz CT molecular complexity index is 526. The van der Waals surface area contributed by atoms with Gasteiger partial charge in [-0.3, -0.25) is 0 Å². The number of hydrogen-bond donors (Lipinski definition) is 1. The fraction of sp³-hybridized carbons (Fsp3) is 0.294. The number of nitrogens with one attached hydrogen (secondary N) is 1. The van der Waals surface area contributed by atoms with Gasteiger partial charge in [0.1, 0.15) is 5.75 Å². The summed E-state index contributed by atoms with van der Waals surface area (Å²) in [5, 5.41) is 3.42. The van der Waals surface area contributed by atoms with Crippen molar-refractivity contribution < 1.29 is 4.74 Å². The summed E-state index contributed by atoms with van der Waals surface area (Å²) >= 11 is 0. The van der Waals surface area contributed by atoms with Crippen LogP contribution in [-0.2, 0) is 6.54 Å². The van der Waals surface area contributed by atoms with Crippen LogP contribution in [0, 0.1) is 0 Å². The van der Waals surface area contributed by atoms with Crippen LogP contribution in [0.5, 0.6) is 5.75 Å². The zero-order chi connectivity index (χ0) is 13.1. The number of benzene rings is 2. The number of ether oxygens (including phenoxy) is 1. The summed E-state index contributed by atoms with van der Waals surface area (Å²) in [6.45, 7) is 0.858. The van der Waals surface area contributed by atoms with Gasteiger partial charge in [-0.25, -0.2) is 0 Å². The summed E-state index contributed by atoms with van der Waals surface area (Å²) in [4.78, 5) is 0. The van der Waals surface area contributed by atoms with Crippen molar-refractivity contribution in [3.8, 4) is 5.75 Å². The fourth-order valence-electron chi connectivity index (χ4n) is 2.24. The lowest BCUT2D eigenvalue weighted by molar-refractivity contribution is 0.415. The largest absolute Gasteiger partial charge is 0.497 e. The highest BCUT2D eigenvalue weighted by molar-refractivity contribution is 5.46. The predicted octanol–water partition coefficient (Wildman–Crippen LogP) is 4.18. The summed E-state index contributed by atoms with van der Waals surface area (Å²) in [5.74, 6) is 1.72. The molecular weight excluding hydrogens is 234 g/mol. The molecule has 1 aliphatic carbocycles. The van der Waals surface area contributed by atoms with E-state index in [1.54, 1.807) is 7.11 Å². The van der Waals surface area contributed by atoms with Crippen molar-refractivity contribution in [1.29, 1.82) is 0 Å². The fourth-order valence-corrected chi connectivity index (χ4v) is 2.24. The van der Waals surface area contributed by atoms with Crippen LogP contribution in [0.25, 0.3) is 0 Å². The van der Waals surface area contributed by atoms with Gasteiger partial charge in [-0.1, -0.05) is 24.3 Å². The average molecular weight is 253 g/mol. The average Bonchev–Trinajstić information content (AvgIpc) is 3.31. The van der Waals surface area contributed by atoms with Crippen LogP contribution in [-0.4, -0.2) is 7.11 Å². The van der Waals surface area contributed by atoms with E-state index in [2.05, 4.69) is 29.6 Å². The summed E-state index contributed by atoms with van der Waals surface area (Å²) in [5.41, 5.74) is 3.93. The molecule has 0 unspecified atom stereocenters. The molecule has 2 nitrogen and oxygen atoms in total. The molecule has 2 heteroatoms. The predicted molar refractivity (Wildman–Crippen MR) is 78.7 cm³/mol. The molecule has 0 saturated heterocycles. The van der Waals surface area contributed by atoms with E-state index in [0.29, 0.717) is 0 Å². The Morgan fingerprint density at radius 2 is 1.68 bits per heavy atom. The van der Waals surface area contributed by atoms with Gasteiger partial charge in [-0.15, -0.1) is 0 Å². The molecule has 1 N–H and O–H groups in total. The summed E-state index contributed by atoms with van der Waals surface area (Å²) in [6, 6.07) is 17.0. The van der Waals surface area contributed by atoms with E-state index in [1.165, 1.54) is 24.0 Å². The third kappa shape index (κ3) is 3.08. The second kappa shape index (κ2) is 5.35. The van der Waals surface area contributed by atoms with Crippen LogP contribution >= 0.6 is 0 Å². The second-order valence-electron chi connectivity index (χ2n) is 5.10.